The molecule has 0 bridgehead atoms. The maximum Gasteiger partial charge on any atom is 0.149 e. The molecule has 1 aliphatic carbocycles. The second-order valence-electron chi connectivity index (χ2n) is 4.70. The third kappa shape index (κ3) is 2.55. The van der Waals surface area contributed by atoms with Gasteiger partial charge in [-0.15, -0.1) is 0 Å². The van der Waals surface area contributed by atoms with Crippen LogP contribution in [0.5, 0.6) is 0 Å². The molecule has 2 fully saturated rings. The van der Waals surface area contributed by atoms with E-state index in [1.165, 1.54) is 12.8 Å². The van der Waals surface area contributed by atoms with Gasteiger partial charge in [0.25, 0.3) is 0 Å². The molecule has 0 aromatic rings. The lowest BCUT2D eigenvalue weighted by molar-refractivity contribution is -0.121. The van der Waals surface area contributed by atoms with Crippen LogP contribution in [0.4, 0.5) is 0 Å². The Kier molecular flexibility index (Phi) is 3.19. The standard InChI is InChI=1S/C11H20N2O/c12-7-9-3-5-13(6-4-9)8-11(14)10-1-2-10/h9-10H,1-8,12H2. The fourth-order valence-electron chi connectivity index (χ4n) is 2.14. The number of hydrogen-bond donors (Lipinski definition) is 1. The molecule has 3 heteroatoms. The van der Waals surface area contributed by atoms with Gasteiger partial charge in [0.2, 0.25) is 0 Å². The molecule has 0 atom stereocenters. The van der Waals surface area contributed by atoms with E-state index in [0.29, 0.717) is 24.2 Å². The minimum Gasteiger partial charge on any atom is -0.330 e. The van der Waals surface area contributed by atoms with Crippen LogP contribution in [0.15, 0.2) is 0 Å². The number of Topliss-reactive ketones (excluding diaryl/α,β-unsaturated/α-hetero) is 1. The predicted molar refractivity (Wildman–Crippen MR) is 55.9 cm³/mol. The molecule has 3 nitrogen and oxygen atoms in total. The Morgan fingerprint density at radius 1 is 1.21 bits per heavy atom. The number of nitrogens with zero attached hydrogens (tertiary/aromatic N) is 1. The molecule has 1 heterocycles. The molecule has 2 rings (SSSR count). The fraction of sp³-hybridized carbons (Fsp3) is 0.909. The second-order valence-corrected chi connectivity index (χ2v) is 4.70. The lowest BCUT2D eigenvalue weighted by Crippen LogP contribution is -2.39. The topological polar surface area (TPSA) is 46.3 Å². The Morgan fingerprint density at radius 3 is 2.36 bits per heavy atom. The van der Waals surface area contributed by atoms with Crippen LogP contribution in [0.3, 0.4) is 0 Å². The number of carbonyl (C=O) groups excluding carboxylic acids is 1. The molecule has 2 N–H and O–H groups in total. The molecule has 0 unspecified atom stereocenters. The van der Waals surface area contributed by atoms with Crippen molar-refractivity contribution in [3.05, 3.63) is 0 Å². The minimum atomic E-state index is 0.419. The molecule has 1 saturated carbocycles. The van der Waals surface area contributed by atoms with Gasteiger partial charge in [-0.25, -0.2) is 0 Å². The minimum absolute atomic E-state index is 0.419. The molecule has 0 aromatic heterocycles. The van der Waals surface area contributed by atoms with Gasteiger partial charge in [0, 0.05) is 5.92 Å². The predicted octanol–water partition coefficient (Wildman–Crippen LogP) is 0.636. The van der Waals surface area contributed by atoms with E-state index in [9.17, 15) is 4.79 Å². The number of hydrogen-bond acceptors (Lipinski definition) is 3. The van der Waals surface area contributed by atoms with Crippen LogP contribution in [0.25, 0.3) is 0 Å². The third-order valence-electron chi connectivity index (χ3n) is 3.45. The van der Waals surface area contributed by atoms with Crippen molar-refractivity contribution in [1.29, 1.82) is 0 Å². The molecule has 14 heavy (non-hydrogen) atoms. The summed E-state index contributed by atoms with van der Waals surface area (Å²) in [5, 5.41) is 0. The normalized spacial score (nSPS) is 25.2. The summed E-state index contributed by atoms with van der Waals surface area (Å²) in [4.78, 5) is 13.9. The SMILES string of the molecule is NCC1CCN(CC(=O)C2CC2)CC1. The van der Waals surface area contributed by atoms with E-state index < -0.39 is 0 Å². The summed E-state index contributed by atoms with van der Waals surface area (Å²) >= 11 is 0. The highest BCUT2D eigenvalue weighted by molar-refractivity contribution is 5.84. The second kappa shape index (κ2) is 4.41. The van der Waals surface area contributed by atoms with Gasteiger partial charge in [0.15, 0.2) is 0 Å². The quantitative estimate of drug-likeness (QED) is 0.717. The lowest BCUT2D eigenvalue weighted by Gasteiger charge is -2.30. The van der Waals surface area contributed by atoms with Crippen molar-refractivity contribution in [2.24, 2.45) is 17.6 Å². The van der Waals surface area contributed by atoms with Crippen LogP contribution in [0.1, 0.15) is 25.7 Å². The van der Waals surface area contributed by atoms with Gasteiger partial charge in [-0.1, -0.05) is 0 Å². The van der Waals surface area contributed by atoms with E-state index in [1.807, 2.05) is 0 Å². The Labute approximate surface area is 85.6 Å². The van der Waals surface area contributed by atoms with Crippen LogP contribution >= 0.6 is 0 Å². The van der Waals surface area contributed by atoms with Crippen molar-refractivity contribution in [3.63, 3.8) is 0 Å². The van der Waals surface area contributed by atoms with Crippen LogP contribution in [-0.4, -0.2) is 36.9 Å². The summed E-state index contributed by atoms with van der Waals surface area (Å²) in [6.45, 7) is 3.65. The third-order valence-corrected chi connectivity index (χ3v) is 3.45. The molecular weight excluding hydrogens is 176 g/mol. The first-order valence-corrected chi connectivity index (χ1v) is 5.74. The Hall–Kier alpha value is -0.410. The van der Waals surface area contributed by atoms with E-state index in [0.717, 1.165) is 32.5 Å². The van der Waals surface area contributed by atoms with Gasteiger partial charge in [0.05, 0.1) is 6.54 Å². The van der Waals surface area contributed by atoms with Crippen LogP contribution < -0.4 is 5.73 Å². The average Bonchev–Trinajstić information content (AvgIpc) is 3.02. The molecule has 0 radical (unpaired) electrons. The Morgan fingerprint density at radius 2 is 1.86 bits per heavy atom. The molecule has 1 aliphatic heterocycles. The highest BCUT2D eigenvalue weighted by Gasteiger charge is 2.31. The lowest BCUT2D eigenvalue weighted by atomic mass is 9.97. The maximum absolute atomic E-state index is 11.6. The summed E-state index contributed by atoms with van der Waals surface area (Å²) in [7, 11) is 0. The summed E-state index contributed by atoms with van der Waals surface area (Å²) in [5.74, 6) is 1.58. The molecule has 0 spiro atoms. The summed E-state index contributed by atoms with van der Waals surface area (Å²) in [5.41, 5.74) is 5.62. The smallest absolute Gasteiger partial charge is 0.149 e. The van der Waals surface area contributed by atoms with Gasteiger partial charge >= 0.3 is 0 Å². The molecule has 0 aromatic carbocycles. The van der Waals surface area contributed by atoms with Crippen LogP contribution in [0, 0.1) is 11.8 Å². The largest absolute Gasteiger partial charge is 0.330 e. The van der Waals surface area contributed by atoms with E-state index in [-0.39, 0.29) is 0 Å². The van der Waals surface area contributed by atoms with Gasteiger partial charge in [-0.3, -0.25) is 9.69 Å². The molecule has 80 valence electrons. The summed E-state index contributed by atoms with van der Waals surface area (Å²) in [6.07, 6.45) is 4.62. The number of rotatable bonds is 4. The zero-order chi connectivity index (χ0) is 9.97. The van der Waals surface area contributed by atoms with Crippen molar-refractivity contribution in [2.45, 2.75) is 25.7 Å². The molecule has 1 saturated heterocycles. The zero-order valence-corrected chi connectivity index (χ0v) is 8.74. The van der Waals surface area contributed by atoms with Gasteiger partial charge in [-0.2, -0.15) is 0 Å². The van der Waals surface area contributed by atoms with Crippen molar-refractivity contribution in [3.8, 4) is 0 Å². The van der Waals surface area contributed by atoms with E-state index in [1.54, 1.807) is 0 Å². The number of likely N-dealkylation sites (tertiary alicyclic amines) is 1. The van der Waals surface area contributed by atoms with Crippen LogP contribution in [0.2, 0.25) is 0 Å². The fourth-order valence-corrected chi connectivity index (χ4v) is 2.14. The summed E-state index contributed by atoms with van der Waals surface area (Å²) in [6, 6.07) is 0. The van der Waals surface area contributed by atoms with E-state index in [2.05, 4.69) is 4.90 Å². The van der Waals surface area contributed by atoms with Gasteiger partial charge in [-0.05, 0) is 51.2 Å². The van der Waals surface area contributed by atoms with Gasteiger partial charge in [0.1, 0.15) is 5.78 Å². The summed E-state index contributed by atoms with van der Waals surface area (Å²) < 4.78 is 0. The highest BCUT2D eigenvalue weighted by Crippen LogP contribution is 2.30. The maximum atomic E-state index is 11.6. The van der Waals surface area contributed by atoms with Gasteiger partial charge < -0.3 is 5.73 Å². The zero-order valence-electron chi connectivity index (χ0n) is 8.74. The Bertz CT molecular complexity index is 205. The first kappa shape index (κ1) is 10.1. The highest BCUT2D eigenvalue weighted by atomic mass is 16.1. The Balaban J connectivity index is 1.69. The first-order chi connectivity index (χ1) is 6.79. The van der Waals surface area contributed by atoms with Crippen LogP contribution in [-0.2, 0) is 4.79 Å². The molecule has 2 aliphatic rings. The number of ketones is 1. The van der Waals surface area contributed by atoms with Crippen molar-refractivity contribution >= 4 is 5.78 Å². The first-order valence-electron chi connectivity index (χ1n) is 5.74. The number of piperidine rings is 1. The van der Waals surface area contributed by atoms with E-state index >= 15 is 0 Å². The van der Waals surface area contributed by atoms with E-state index in [4.69, 9.17) is 5.73 Å². The monoisotopic (exact) mass is 196 g/mol. The van der Waals surface area contributed by atoms with Crippen molar-refractivity contribution in [1.82, 2.24) is 4.90 Å². The van der Waals surface area contributed by atoms with Crippen molar-refractivity contribution < 1.29 is 4.79 Å². The average molecular weight is 196 g/mol. The molecular formula is C11H20N2O. The molecule has 0 amide bonds. The number of carbonyl (C=O) groups is 1. The van der Waals surface area contributed by atoms with Crippen molar-refractivity contribution in [2.75, 3.05) is 26.2 Å². The number of nitrogens with two attached hydrogens (primary N) is 1.